The van der Waals surface area contributed by atoms with Crippen molar-refractivity contribution in [1.29, 1.82) is 0 Å². The molecule has 0 aliphatic heterocycles. The standard InChI is InChI=1S/C17H17ClN2O2/c1-13-10-16(18)20-11-15(13)8-5-9-19-17(21)22-12-14-6-3-2-4-7-14/h2-8,10-11H,9,12H2,1H3,(H,19,21). The number of rotatable bonds is 5. The van der Waals surface area contributed by atoms with Gasteiger partial charge in [-0.3, -0.25) is 0 Å². The fourth-order valence-electron chi connectivity index (χ4n) is 1.81. The molecule has 0 unspecified atom stereocenters. The summed E-state index contributed by atoms with van der Waals surface area (Å²) in [7, 11) is 0. The molecule has 0 saturated carbocycles. The van der Waals surface area contributed by atoms with Crippen LogP contribution < -0.4 is 5.32 Å². The van der Waals surface area contributed by atoms with Crippen molar-refractivity contribution in [3.8, 4) is 0 Å². The van der Waals surface area contributed by atoms with Gasteiger partial charge in [-0.05, 0) is 29.7 Å². The first-order valence-electron chi connectivity index (χ1n) is 6.88. The monoisotopic (exact) mass is 316 g/mol. The molecule has 1 amide bonds. The van der Waals surface area contributed by atoms with Gasteiger partial charge >= 0.3 is 6.09 Å². The Morgan fingerprint density at radius 1 is 1.36 bits per heavy atom. The molecule has 0 spiro atoms. The van der Waals surface area contributed by atoms with Crippen LogP contribution in [-0.2, 0) is 11.3 Å². The number of aryl methyl sites for hydroxylation is 1. The molecule has 5 heteroatoms. The Labute approximate surface area is 134 Å². The molecule has 114 valence electrons. The second-order valence-electron chi connectivity index (χ2n) is 4.71. The summed E-state index contributed by atoms with van der Waals surface area (Å²) in [5.74, 6) is 0. The lowest BCUT2D eigenvalue weighted by molar-refractivity contribution is 0.141. The highest BCUT2D eigenvalue weighted by molar-refractivity contribution is 6.29. The molecule has 1 heterocycles. The first-order chi connectivity index (χ1) is 10.6. The Morgan fingerprint density at radius 2 is 2.14 bits per heavy atom. The van der Waals surface area contributed by atoms with E-state index in [1.54, 1.807) is 12.3 Å². The number of benzene rings is 1. The van der Waals surface area contributed by atoms with Gasteiger partial charge < -0.3 is 10.1 Å². The number of hydrogen-bond donors (Lipinski definition) is 1. The average molecular weight is 317 g/mol. The number of nitrogens with zero attached hydrogens (tertiary/aromatic N) is 1. The van der Waals surface area contributed by atoms with Gasteiger partial charge in [-0.15, -0.1) is 0 Å². The molecule has 2 rings (SSSR count). The first-order valence-corrected chi connectivity index (χ1v) is 7.26. The average Bonchev–Trinajstić information content (AvgIpc) is 2.52. The number of halogens is 1. The zero-order chi connectivity index (χ0) is 15.8. The molecular weight excluding hydrogens is 300 g/mol. The third-order valence-electron chi connectivity index (χ3n) is 2.99. The molecule has 1 aromatic carbocycles. The molecule has 0 saturated heterocycles. The van der Waals surface area contributed by atoms with E-state index in [1.165, 1.54) is 0 Å². The van der Waals surface area contributed by atoms with Crippen LogP contribution in [0.15, 0.2) is 48.7 Å². The number of alkyl carbamates (subject to hydrolysis) is 1. The maximum atomic E-state index is 11.5. The molecule has 22 heavy (non-hydrogen) atoms. The largest absolute Gasteiger partial charge is 0.445 e. The lowest BCUT2D eigenvalue weighted by Gasteiger charge is -2.05. The fraction of sp³-hybridized carbons (Fsp3) is 0.176. The maximum Gasteiger partial charge on any atom is 0.407 e. The molecule has 4 nitrogen and oxygen atoms in total. The number of aromatic nitrogens is 1. The normalized spacial score (nSPS) is 10.6. The maximum absolute atomic E-state index is 11.5. The lowest BCUT2D eigenvalue weighted by atomic mass is 10.1. The Kier molecular flexibility index (Phi) is 5.98. The van der Waals surface area contributed by atoms with Gasteiger partial charge in [-0.2, -0.15) is 0 Å². The first kappa shape index (κ1) is 16.0. The second kappa shape index (κ2) is 8.20. The Hall–Kier alpha value is -2.33. The van der Waals surface area contributed by atoms with Crippen LogP contribution in [0.5, 0.6) is 0 Å². The molecular formula is C17H17ClN2O2. The van der Waals surface area contributed by atoms with E-state index in [0.717, 1.165) is 16.7 Å². The van der Waals surface area contributed by atoms with E-state index in [1.807, 2.05) is 49.4 Å². The van der Waals surface area contributed by atoms with Gasteiger partial charge in [-0.25, -0.2) is 9.78 Å². The quantitative estimate of drug-likeness (QED) is 0.849. The molecule has 1 N–H and O–H groups in total. The Bertz CT molecular complexity index is 657. The van der Waals surface area contributed by atoms with Crippen molar-refractivity contribution in [2.24, 2.45) is 0 Å². The molecule has 0 fully saturated rings. The van der Waals surface area contributed by atoms with E-state index >= 15 is 0 Å². The zero-order valence-corrected chi connectivity index (χ0v) is 13.0. The number of carbonyl (C=O) groups excluding carboxylic acids is 1. The van der Waals surface area contributed by atoms with Crippen LogP contribution >= 0.6 is 11.6 Å². The minimum atomic E-state index is -0.445. The summed E-state index contributed by atoms with van der Waals surface area (Å²) >= 11 is 5.80. The second-order valence-corrected chi connectivity index (χ2v) is 5.10. The third-order valence-corrected chi connectivity index (χ3v) is 3.20. The molecule has 0 aliphatic rings. The minimum absolute atomic E-state index is 0.261. The van der Waals surface area contributed by atoms with Crippen molar-refractivity contribution in [3.05, 3.63) is 70.5 Å². The third kappa shape index (κ3) is 5.22. The van der Waals surface area contributed by atoms with E-state index in [2.05, 4.69) is 10.3 Å². The number of carbonyl (C=O) groups is 1. The van der Waals surface area contributed by atoms with Crippen LogP contribution in [0.1, 0.15) is 16.7 Å². The fourth-order valence-corrected chi connectivity index (χ4v) is 2.02. The number of pyridine rings is 1. The topological polar surface area (TPSA) is 51.2 Å². The van der Waals surface area contributed by atoms with Crippen LogP contribution in [0.3, 0.4) is 0 Å². The van der Waals surface area contributed by atoms with E-state index < -0.39 is 6.09 Å². The molecule has 0 radical (unpaired) electrons. The van der Waals surface area contributed by atoms with Gasteiger partial charge in [-0.1, -0.05) is 54.1 Å². The SMILES string of the molecule is Cc1cc(Cl)ncc1C=CCNC(=O)OCc1ccccc1. The minimum Gasteiger partial charge on any atom is -0.445 e. The van der Waals surface area contributed by atoms with Crippen LogP contribution in [-0.4, -0.2) is 17.6 Å². The van der Waals surface area contributed by atoms with Crippen molar-refractivity contribution >= 4 is 23.8 Å². The molecule has 2 aromatic rings. The Balaban J connectivity index is 1.73. The van der Waals surface area contributed by atoms with Crippen molar-refractivity contribution < 1.29 is 9.53 Å². The summed E-state index contributed by atoms with van der Waals surface area (Å²) in [6, 6.07) is 11.3. The predicted octanol–water partition coefficient (Wildman–Crippen LogP) is 3.98. The van der Waals surface area contributed by atoms with Crippen molar-refractivity contribution in [2.75, 3.05) is 6.54 Å². The summed E-state index contributed by atoms with van der Waals surface area (Å²) in [6.07, 6.45) is 4.97. The van der Waals surface area contributed by atoms with Gasteiger partial charge in [0.05, 0.1) is 0 Å². The van der Waals surface area contributed by atoms with Crippen molar-refractivity contribution in [1.82, 2.24) is 10.3 Å². The highest BCUT2D eigenvalue weighted by Crippen LogP contribution is 2.13. The molecule has 1 aromatic heterocycles. The van der Waals surface area contributed by atoms with Crippen LogP contribution in [0.2, 0.25) is 5.15 Å². The van der Waals surface area contributed by atoms with Gasteiger partial charge in [0.15, 0.2) is 0 Å². The molecule has 0 aliphatic carbocycles. The smallest absolute Gasteiger partial charge is 0.407 e. The van der Waals surface area contributed by atoms with Gasteiger partial charge in [0.1, 0.15) is 11.8 Å². The molecule has 0 atom stereocenters. The van der Waals surface area contributed by atoms with Crippen LogP contribution in [0.4, 0.5) is 4.79 Å². The lowest BCUT2D eigenvalue weighted by Crippen LogP contribution is -2.24. The predicted molar refractivity (Wildman–Crippen MR) is 87.6 cm³/mol. The van der Waals surface area contributed by atoms with E-state index in [-0.39, 0.29) is 6.61 Å². The summed E-state index contributed by atoms with van der Waals surface area (Å²) in [5, 5.41) is 3.13. The van der Waals surface area contributed by atoms with Gasteiger partial charge in [0.25, 0.3) is 0 Å². The summed E-state index contributed by atoms with van der Waals surface area (Å²) < 4.78 is 5.11. The van der Waals surface area contributed by atoms with E-state index in [9.17, 15) is 4.79 Å². The van der Waals surface area contributed by atoms with E-state index in [4.69, 9.17) is 16.3 Å². The number of hydrogen-bond acceptors (Lipinski definition) is 3. The highest BCUT2D eigenvalue weighted by atomic mass is 35.5. The number of amides is 1. The summed E-state index contributed by atoms with van der Waals surface area (Å²) in [5.41, 5.74) is 2.95. The van der Waals surface area contributed by atoms with E-state index in [0.29, 0.717) is 11.7 Å². The van der Waals surface area contributed by atoms with Crippen LogP contribution in [0, 0.1) is 6.92 Å². The number of ether oxygens (including phenoxy) is 1. The summed E-state index contributed by atoms with van der Waals surface area (Å²) in [4.78, 5) is 15.6. The van der Waals surface area contributed by atoms with Gasteiger partial charge in [0, 0.05) is 12.7 Å². The highest BCUT2D eigenvalue weighted by Gasteiger charge is 2.00. The van der Waals surface area contributed by atoms with Gasteiger partial charge in [0.2, 0.25) is 0 Å². The molecule has 0 bridgehead atoms. The Morgan fingerprint density at radius 3 is 2.86 bits per heavy atom. The zero-order valence-electron chi connectivity index (χ0n) is 12.3. The number of nitrogens with one attached hydrogen (secondary N) is 1. The summed E-state index contributed by atoms with van der Waals surface area (Å²) in [6.45, 7) is 2.60. The van der Waals surface area contributed by atoms with Crippen molar-refractivity contribution in [2.45, 2.75) is 13.5 Å². The van der Waals surface area contributed by atoms with Crippen molar-refractivity contribution in [3.63, 3.8) is 0 Å². The van der Waals surface area contributed by atoms with Crippen LogP contribution in [0.25, 0.3) is 6.08 Å².